The van der Waals surface area contributed by atoms with Crippen molar-refractivity contribution in [2.24, 2.45) is 0 Å². The van der Waals surface area contributed by atoms with E-state index in [0.717, 1.165) is 36.5 Å². The molecule has 0 atom stereocenters. The van der Waals surface area contributed by atoms with Crippen molar-refractivity contribution in [3.8, 4) is 0 Å². The second-order valence-electron chi connectivity index (χ2n) is 4.88. The minimum Gasteiger partial charge on any atom is -0.369 e. The van der Waals surface area contributed by atoms with Gasteiger partial charge in [0.2, 0.25) is 5.95 Å². The number of thioether (sulfide) groups is 1. The molecular formula is C13H14F3N3S. The maximum Gasteiger partial charge on any atom is 0.416 e. The third kappa shape index (κ3) is 2.34. The van der Waals surface area contributed by atoms with E-state index in [1.54, 1.807) is 0 Å². The van der Waals surface area contributed by atoms with Crippen LogP contribution in [-0.4, -0.2) is 21.1 Å². The Hall–Kier alpha value is -1.37. The quantitative estimate of drug-likeness (QED) is 0.873. The number of nitrogen functional groups attached to an aromatic ring is 1. The molecule has 1 aromatic heterocycles. The van der Waals surface area contributed by atoms with E-state index in [0.29, 0.717) is 17.0 Å². The van der Waals surface area contributed by atoms with Crippen molar-refractivity contribution in [1.82, 2.24) is 9.55 Å². The monoisotopic (exact) mass is 301 g/mol. The van der Waals surface area contributed by atoms with Crippen LogP contribution >= 0.6 is 11.8 Å². The molecule has 0 spiro atoms. The van der Waals surface area contributed by atoms with E-state index >= 15 is 0 Å². The molecule has 1 aromatic carbocycles. The van der Waals surface area contributed by atoms with Gasteiger partial charge in [-0.25, -0.2) is 4.98 Å². The summed E-state index contributed by atoms with van der Waals surface area (Å²) in [5.74, 6) is 2.39. The maximum absolute atomic E-state index is 12.7. The van der Waals surface area contributed by atoms with Crippen LogP contribution in [0.2, 0.25) is 0 Å². The van der Waals surface area contributed by atoms with Gasteiger partial charge in [0.15, 0.2) is 0 Å². The van der Waals surface area contributed by atoms with Gasteiger partial charge in [0.1, 0.15) is 0 Å². The number of halogens is 3. The van der Waals surface area contributed by atoms with E-state index in [1.807, 2.05) is 16.3 Å². The smallest absolute Gasteiger partial charge is 0.369 e. The third-order valence-electron chi connectivity index (χ3n) is 3.60. The normalized spacial score (nSPS) is 17.8. The lowest BCUT2D eigenvalue weighted by Gasteiger charge is -2.24. The Balaban J connectivity index is 2.07. The van der Waals surface area contributed by atoms with E-state index in [1.165, 1.54) is 6.07 Å². The topological polar surface area (TPSA) is 43.8 Å². The molecule has 1 fully saturated rings. The third-order valence-corrected chi connectivity index (χ3v) is 4.65. The van der Waals surface area contributed by atoms with Gasteiger partial charge < -0.3 is 10.3 Å². The van der Waals surface area contributed by atoms with Crippen molar-refractivity contribution in [2.75, 3.05) is 17.2 Å². The minimum absolute atomic E-state index is 0.234. The molecule has 1 aliphatic rings. The van der Waals surface area contributed by atoms with Crippen molar-refractivity contribution >= 4 is 28.7 Å². The zero-order valence-corrected chi connectivity index (χ0v) is 11.5. The molecular weight excluding hydrogens is 287 g/mol. The van der Waals surface area contributed by atoms with Crippen molar-refractivity contribution < 1.29 is 13.2 Å². The molecule has 0 bridgehead atoms. The molecule has 7 heteroatoms. The minimum atomic E-state index is -4.35. The Morgan fingerprint density at radius 3 is 2.60 bits per heavy atom. The highest BCUT2D eigenvalue weighted by molar-refractivity contribution is 7.99. The highest BCUT2D eigenvalue weighted by atomic mass is 32.2. The molecule has 3 rings (SSSR count). The first-order valence-corrected chi connectivity index (χ1v) is 7.54. The molecule has 20 heavy (non-hydrogen) atoms. The average Bonchev–Trinajstić information content (AvgIpc) is 2.73. The van der Waals surface area contributed by atoms with Gasteiger partial charge in [0.05, 0.1) is 16.6 Å². The zero-order valence-electron chi connectivity index (χ0n) is 10.7. The number of nitrogens with zero attached hydrogens (tertiary/aromatic N) is 2. The summed E-state index contributed by atoms with van der Waals surface area (Å²) in [6, 6.07) is 3.87. The fourth-order valence-electron chi connectivity index (χ4n) is 2.62. The Labute approximate surface area is 118 Å². The molecule has 0 amide bonds. The van der Waals surface area contributed by atoms with Gasteiger partial charge in [0, 0.05) is 6.04 Å². The van der Waals surface area contributed by atoms with Gasteiger partial charge >= 0.3 is 6.18 Å². The predicted octanol–water partition coefficient (Wildman–Crippen LogP) is 3.71. The van der Waals surface area contributed by atoms with Crippen molar-refractivity contribution in [3.63, 3.8) is 0 Å². The molecule has 0 saturated carbocycles. The molecule has 0 unspecified atom stereocenters. The van der Waals surface area contributed by atoms with Crippen LogP contribution in [0.5, 0.6) is 0 Å². The number of hydrogen-bond donors (Lipinski definition) is 1. The lowest BCUT2D eigenvalue weighted by atomic mass is 10.1. The van der Waals surface area contributed by atoms with Gasteiger partial charge in [-0.05, 0) is 42.5 Å². The van der Waals surface area contributed by atoms with Crippen molar-refractivity contribution in [2.45, 2.75) is 25.1 Å². The van der Waals surface area contributed by atoms with E-state index in [-0.39, 0.29) is 6.04 Å². The van der Waals surface area contributed by atoms with Crippen LogP contribution in [0.1, 0.15) is 24.4 Å². The SMILES string of the molecule is Nc1nc2cc(C(F)(F)F)ccc2n1C1CCSCC1. The standard InChI is InChI=1S/C13H14F3N3S/c14-13(15,16)8-1-2-11-10(7-8)18-12(17)19(11)9-3-5-20-6-4-9/h1-2,7,9H,3-6H2,(H2,17,18). The van der Waals surface area contributed by atoms with Gasteiger partial charge in [-0.1, -0.05) is 0 Å². The van der Waals surface area contributed by atoms with E-state index in [9.17, 15) is 13.2 Å². The van der Waals surface area contributed by atoms with Gasteiger partial charge in [-0.3, -0.25) is 0 Å². The Kier molecular flexibility index (Phi) is 3.32. The summed E-state index contributed by atoms with van der Waals surface area (Å²) < 4.78 is 40.0. The second-order valence-corrected chi connectivity index (χ2v) is 6.11. The fourth-order valence-corrected chi connectivity index (χ4v) is 3.70. The first kappa shape index (κ1) is 13.6. The van der Waals surface area contributed by atoms with Gasteiger partial charge in [-0.2, -0.15) is 24.9 Å². The molecule has 0 radical (unpaired) electrons. The summed E-state index contributed by atoms with van der Waals surface area (Å²) in [5.41, 5.74) is 6.22. The fraction of sp³-hybridized carbons (Fsp3) is 0.462. The summed E-state index contributed by atoms with van der Waals surface area (Å²) >= 11 is 1.89. The van der Waals surface area contributed by atoms with Crippen LogP contribution in [0.15, 0.2) is 18.2 Å². The number of alkyl halides is 3. The molecule has 0 aliphatic carbocycles. The lowest BCUT2D eigenvalue weighted by molar-refractivity contribution is -0.137. The van der Waals surface area contributed by atoms with E-state index in [2.05, 4.69) is 4.98 Å². The van der Waals surface area contributed by atoms with Crippen LogP contribution in [-0.2, 0) is 6.18 Å². The lowest BCUT2D eigenvalue weighted by Crippen LogP contribution is -2.17. The Morgan fingerprint density at radius 1 is 1.25 bits per heavy atom. The first-order valence-electron chi connectivity index (χ1n) is 6.39. The highest BCUT2D eigenvalue weighted by Crippen LogP contribution is 2.35. The molecule has 1 saturated heterocycles. The first-order chi connectivity index (χ1) is 9.47. The average molecular weight is 301 g/mol. The zero-order chi connectivity index (χ0) is 14.3. The largest absolute Gasteiger partial charge is 0.416 e. The van der Waals surface area contributed by atoms with Crippen molar-refractivity contribution in [1.29, 1.82) is 0 Å². The summed E-state index contributed by atoms with van der Waals surface area (Å²) in [4.78, 5) is 4.10. The second kappa shape index (κ2) is 4.87. The molecule has 108 valence electrons. The number of benzene rings is 1. The molecule has 1 aliphatic heterocycles. The number of fused-ring (bicyclic) bond motifs is 1. The summed E-state index contributed by atoms with van der Waals surface area (Å²) in [6.07, 6.45) is -2.41. The van der Waals surface area contributed by atoms with Crippen LogP contribution < -0.4 is 5.73 Å². The molecule has 2 aromatic rings. The summed E-state index contributed by atoms with van der Waals surface area (Å²) in [5, 5.41) is 0. The summed E-state index contributed by atoms with van der Waals surface area (Å²) in [6.45, 7) is 0. The van der Waals surface area contributed by atoms with Crippen LogP contribution in [0.25, 0.3) is 11.0 Å². The maximum atomic E-state index is 12.7. The van der Waals surface area contributed by atoms with Crippen molar-refractivity contribution in [3.05, 3.63) is 23.8 Å². The Morgan fingerprint density at radius 2 is 1.95 bits per heavy atom. The predicted molar refractivity (Wildman–Crippen MR) is 74.7 cm³/mol. The Bertz CT molecular complexity index is 630. The van der Waals surface area contributed by atoms with Crippen LogP contribution in [0.3, 0.4) is 0 Å². The number of nitrogens with two attached hydrogens (primary N) is 1. The number of hydrogen-bond acceptors (Lipinski definition) is 3. The van der Waals surface area contributed by atoms with Gasteiger partial charge in [-0.15, -0.1) is 0 Å². The number of aromatic nitrogens is 2. The highest BCUT2D eigenvalue weighted by Gasteiger charge is 2.31. The number of anilines is 1. The molecule has 2 N–H and O–H groups in total. The molecule has 3 nitrogen and oxygen atoms in total. The van der Waals surface area contributed by atoms with E-state index in [4.69, 9.17) is 5.73 Å². The van der Waals surface area contributed by atoms with Gasteiger partial charge in [0.25, 0.3) is 0 Å². The number of rotatable bonds is 1. The number of imidazole rings is 1. The van der Waals surface area contributed by atoms with Crippen LogP contribution in [0, 0.1) is 0 Å². The molecule has 2 heterocycles. The van der Waals surface area contributed by atoms with E-state index < -0.39 is 11.7 Å². The summed E-state index contributed by atoms with van der Waals surface area (Å²) in [7, 11) is 0. The van der Waals surface area contributed by atoms with Crippen LogP contribution in [0.4, 0.5) is 19.1 Å².